The van der Waals surface area contributed by atoms with Crippen LogP contribution in [0.2, 0.25) is 0 Å². The summed E-state index contributed by atoms with van der Waals surface area (Å²) in [6.45, 7) is 1.53. The number of pyridine rings is 1. The fourth-order valence-electron chi connectivity index (χ4n) is 2.77. The molecule has 0 aliphatic carbocycles. The zero-order valence-corrected chi connectivity index (χ0v) is 12.9. The van der Waals surface area contributed by atoms with Crippen LogP contribution >= 0.6 is 0 Å². The summed E-state index contributed by atoms with van der Waals surface area (Å²) in [5.74, 6) is 0.587. The SMILES string of the molecule is Cn1ccc(C(=O)NC2CCN(c3ncccc3C#N)CC2)n1. The maximum atomic E-state index is 12.1. The highest BCUT2D eigenvalue weighted by molar-refractivity contribution is 5.92. The molecular formula is C16H18N6O. The van der Waals surface area contributed by atoms with Crippen molar-refractivity contribution in [2.45, 2.75) is 18.9 Å². The molecule has 1 N–H and O–H groups in total. The van der Waals surface area contributed by atoms with E-state index in [1.807, 2.05) is 0 Å². The number of carbonyl (C=O) groups is 1. The number of nitrogens with zero attached hydrogens (tertiary/aromatic N) is 5. The van der Waals surface area contributed by atoms with Crippen LogP contribution in [0, 0.1) is 11.3 Å². The molecule has 0 unspecified atom stereocenters. The van der Waals surface area contributed by atoms with E-state index < -0.39 is 0 Å². The quantitative estimate of drug-likeness (QED) is 0.917. The van der Waals surface area contributed by atoms with Crippen LogP contribution in [0.5, 0.6) is 0 Å². The van der Waals surface area contributed by atoms with E-state index in [9.17, 15) is 4.79 Å². The van der Waals surface area contributed by atoms with Gasteiger partial charge in [-0.05, 0) is 31.0 Å². The molecule has 0 spiro atoms. The number of nitriles is 1. The topological polar surface area (TPSA) is 86.8 Å². The smallest absolute Gasteiger partial charge is 0.271 e. The third-order valence-corrected chi connectivity index (χ3v) is 3.98. The molecule has 1 saturated heterocycles. The lowest BCUT2D eigenvalue weighted by molar-refractivity contribution is 0.0925. The predicted octanol–water partition coefficient (Wildman–Crippen LogP) is 1.09. The number of piperidine rings is 1. The third kappa shape index (κ3) is 3.31. The Kier molecular flexibility index (Phi) is 4.24. The molecule has 0 atom stereocenters. The first-order chi connectivity index (χ1) is 11.2. The number of aryl methyl sites for hydroxylation is 1. The van der Waals surface area contributed by atoms with Crippen molar-refractivity contribution in [1.29, 1.82) is 5.26 Å². The number of amides is 1. The highest BCUT2D eigenvalue weighted by Gasteiger charge is 2.23. The molecule has 0 radical (unpaired) electrons. The molecule has 7 nitrogen and oxygen atoms in total. The Morgan fingerprint density at radius 3 is 2.83 bits per heavy atom. The molecule has 1 aliphatic heterocycles. The van der Waals surface area contributed by atoms with Crippen molar-refractivity contribution in [3.63, 3.8) is 0 Å². The summed E-state index contributed by atoms with van der Waals surface area (Å²) >= 11 is 0. The van der Waals surface area contributed by atoms with Gasteiger partial charge in [-0.25, -0.2) is 4.98 Å². The second kappa shape index (κ2) is 6.48. The van der Waals surface area contributed by atoms with Gasteiger partial charge in [-0.2, -0.15) is 10.4 Å². The molecule has 23 heavy (non-hydrogen) atoms. The van der Waals surface area contributed by atoms with Crippen molar-refractivity contribution < 1.29 is 4.79 Å². The van der Waals surface area contributed by atoms with Crippen LogP contribution in [0.25, 0.3) is 0 Å². The second-order valence-corrected chi connectivity index (χ2v) is 5.60. The van der Waals surface area contributed by atoms with Gasteiger partial charge < -0.3 is 10.2 Å². The molecule has 0 saturated carbocycles. The standard InChI is InChI=1S/C16H18N6O/c1-21-8-6-14(20-21)16(23)19-13-4-9-22(10-5-13)15-12(11-17)3-2-7-18-15/h2-3,6-8,13H,4-5,9-10H2,1H3,(H,19,23). The summed E-state index contributed by atoms with van der Waals surface area (Å²) in [5.41, 5.74) is 1.02. The van der Waals surface area contributed by atoms with Crippen molar-refractivity contribution in [3.05, 3.63) is 41.9 Å². The molecule has 7 heteroatoms. The van der Waals surface area contributed by atoms with Crippen molar-refractivity contribution in [1.82, 2.24) is 20.1 Å². The highest BCUT2D eigenvalue weighted by Crippen LogP contribution is 2.21. The largest absolute Gasteiger partial charge is 0.355 e. The zero-order chi connectivity index (χ0) is 16.2. The molecule has 118 valence electrons. The van der Waals surface area contributed by atoms with Gasteiger partial charge in [-0.1, -0.05) is 0 Å². The van der Waals surface area contributed by atoms with E-state index in [0.717, 1.165) is 31.7 Å². The Morgan fingerprint density at radius 2 is 2.17 bits per heavy atom. The van der Waals surface area contributed by atoms with Crippen LogP contribution in [0.4, 0.5) is 5.82 Å². The number of hydrogen-bond donors (Lipinski definition) is 1. The average molecular weight is 310 g/mol. The Labute approximate surface area is 134 Å². The molecule has 1 amide bonds. The van der Waals surface area contributed by atoms with Crippen LogP contribution in [0.3, 0.4) is 0 Å². The summed E-state index contributed by atoms with van der Waals surface area (Å²) < 4.78 is 1.61. The first kappa shape index (κ1) is 15.0. The molecule has 2 aromatic rings. The van der Waals surface area contributed by atoms with Gasteiger partial charge in [0.25, 0.3) is 5.91 Å². The Bertz CT molecular complexity index is 739. The van der Waals surface area contributed by atoms with E-state index in [1.165, 1.54) is 0 Å². The van der Waals surface area contributed by atoms with Gasteiger partial charge in [-0.15, -0.1) is 0 Å². The third-order valence-electron chi connectivity index (χ3n) is 3.98. The number of hydrogen-bond acceptors (Lipinski definition) is 5. The van der Waals surface area contributed by atoms with Crippen LogP contribution < -0.4 is 10.2 Å². The lowest BCUT2D eigenvalue weighted by Crippen LogP contribution is -2.45. The molecule has 3 heterocycles. The maximum Gasteiger partial charge on any atom is 0.271 e. The Balaban J connectivity index is 1.58. The minimum absolute atomic E-state index is 0.120. The van der Waals surface area contributed by atoms with Crippen molar-refractivity contribution in [2.75, 3.05) is 18.0 Å². The van der Waals surface area contributed by atoms with Crippen LogP contribution in [0.15, 0.2) is 30.6 Å². The first-order valence-electron chi connectivity index (χ1n) is 7.58. The normalized spacial score (nSPS) is 15.2. The summed E-state index contributed by atoms with van der Waals surface area (Å²) in [4.78, 5) is 18.5. The van der Waals surface area contributed by atoms with E-state index in [1.54, 1.807) is 42.3 Å². The average Bonchev–Trinajstić information content (AvgIpc) is 3.02. The van der Waals surface area contributed by atoms with Crippen molar-refractivity contribution in [2.24, 2.45) is 7.05 Å². The lowest BCUT2D eigenvalue weighted by atomic mass is 10.0. The van der Waals surface area contributed by atoms with Crippen LogP contribution in [-0.2, 0) is 7.05 Å². The van der Waals surface area contributed by atoms with E-state index >= 15 is 0 Å². The van der Waals surface area contributed by atoms with Gasteiger partial charge in [-0.3, -0.25) is 9.48 Å². The Hall–Kier alpha value is -2.88. The van der Waals surface area contributed by atoms with Crippen molar-refractivity contribution >= 4 is 11.7 Å². The van der Waals surface area contributed by atoms with E-state index in [2.05, 4.69) is 26.4 Å². The maximum absolute atomic E-state index is 12.1. The highest BCUT2D eigenvalue weighted by atomic mass is 16.2. The molecule has 3 rings (SSSR count). The van der Waals surface area contributed by atoms with Gasteiger partial charge in [0.1, 0.15) is 17.6 Å². The molecule has 0 bridgehead atoms. The van der Waals surface area contributed by atoms with Gasteiger partial charge in [0.15, 0.2) is 0 Å². The molecular weight excluding hydrogens is 292 g/mol. The summed E-state index contributed by atoms with van der Waals surface area (Å²) in [5, 5.41) is 16.3. The van der Waals surface area contributed by atoms with E-state index in [0.29, 0.717) is 11.3 Å². The first-order valence-corrected chi connectivity index (χ1v) is 7.58. The summed E-state index contributed by atoms with van der Waals surface area (Å²) in [6, 6.07) is 7.54. The summed E-state index contributed by atoms with van der Waals surface area (Å²) in [6.07, 6.45) is 5.09. The number of carbonyl (C=O) groups excluding carboxylic acids is 1. The summed E-state index contributed by atoms with van der Waals surface area (Å²) in [7, 11) is 1.79. The Morgan fingerprint density at radius 1 is 1.39 bits per heavy atom. The molecule has 1 aliphatic rings. The number of anilines is 1. The second-order valence-electron chi connectivity index (χ2n) is 5.60. The van der Waals surface area contributed by atoms with E-state index in [-0.39, 0.29) is 11.9 Å². The van der Waals surface area contributed by atoms with Crippen LogP contribution in [-0.4, -0.2) is 39.8 Å². The van der Waals surface area contributed by atoms with Crippen molar-refractivity contribution in [3.8, 4) is 6.07 Å². The number of aromatic nitrogens is 3. The number of rotatable bonds is 3. The molecule has 0 aromatic carbocycles. The minimum Gasteiger partial charge on any atom is -0.355 e. The minimum atomic E-state index is -0.139. The predicted molar refractivity (Wildman–Crippen MR) is 84.9 cm³/mol. The number of nitrogens with one attached hydrogen (secondary N) is 1. The zero-order valence-electron chi connectivity index (χ0n) is 12.9. The van der Waals surface area contributed by atoms with Gasteiger partial charge in [0.2, 0.25) is 0 Å². The van der Waals surface area contributed by atoms with Gasteiger partial charge in [0.05, 0.1) is 5.56 Å². The van der Waals surface area contributed by atoms with E-state index in [4.69, 9.17) is 5.26 Å². The molecule has 2 aromatic heterocycles. The fourth-order valence-corrected chi connectivity index (χ4v) is 2.77. The lowest BCUT2D eigenvalue weighted by Gasteiger charge is -2.33. The van der Waals surface area contributed by atoms with Crippen LogP contribution in [0.1, 0.15) is 28.9 Å². The molecule has 1 fully saturated rings. The van der Waals surface area contributed by atoms with Gasteiger partial charge >= 0.3 is 0 Å². The van der Waals surface area contributed by atoms with Gasteiger partial charge in [0, 0.05) is 38.6 Å². The monoisotopic (exact) mass is 310 g/mol. The fraction of sp³-hybridized carbons (Fsp3) is 0.375.